The van der Waals surface area contributed by atoms with Crippen LogP contribution in [0.15, 0.2) is 51.7 Å². The normalized spacial score (nSPS) is 15.5. The maximum atomic E-state index is 13.6. The van der Waals surface area contributed by atoms with E-state index in [0.717, 1.165) is 16.1 Å². The molecule has 2 aromatic heterocycles. The standard InChI is InChI=1S/C23H19N3O4S/c1-4-17-24-25-23(31-17)26-19(13-6-5-7-14(11-13)29-3)18-20(27)15-10-12(2)8-9-16(15)30-21(18)22(26)28/h5-11,19H,4H2,1-3H3/t19-/m0/s1. The summed E-state index contributed by atoms with van der Waals surface area (Å²) < 4.78 is 11.4. The molecule has 156 valence electrons. The molecule has 0 aliphatic carbocycles. The first kappa shape index (κ1) is 19.4. The number of fused-ring (bicyclic) bond motifs is 2. The van der Waals surface area contributed by atoms with Gasteiger partial charge in [0.15, 0.2) is 5.43 Å². The third-order valence-electron chi connectivity index (χ3n) is 5.40. The van der Waals surface area contributed by atoms with Crippen molar-refractivity contribution >= 4 is 33.3 Å². The van der Waals surface area contributed by atoms with Gasteiger partial charge in [0, 0.05) is 0 Å². The van der Waals surface area contributed by atoms with Gasteiger partial charge in [0.05, 0.1) is 24.1 Å². The quantitative estimate of drug-likeness (QED) is 0.478. The number of benzene rings is 2. The number of aryl methyl sites for hydroxylation is 2. The minimum Gasteiger partial charge on any atom is -0.497 e. The van der Waals surface area contributed by atoms with Crippen LogP contribution in [-0.2, 0) is 6.42 Å². The summed E-state index contributed by atoms with van der Waals surface area (Å²) in [5.74, 6) is 0.273. The number of hydrogen-bond acceptors (Lipinski definition) is 7. The summed E-state index contributed by atoms with van der Waals surface area (Å²) in [5, 5.41) is 10.1. The topological polar surface area (TPSA) is 85.5 Å². The Morgan fingerprint density at radius 3 is 2.74 bits per heavy atom. The molecule has 1 aliphatic heterocycles. The highest BCUT2D eigenvalue weighted by Gasteiger charge is 2.45. The van der Waals surface area contributed by atoms with Gasteiger partial charge in [0.2, 0.25) is 10.9 Å². The van der Waals surface area contributed by atoms with E-state index in [4.69, 9.17) is 9.15 Å². The van der Waals surface area contributed by atoms with Crippen molar-refractivity contribution < 1.29 is 13.9 Å². The van der Waals surface area contributed by atoms with Crippen molar-refractivity contribution in [1.29, 1.82) is 0 Å². The molecule has 0 unspecified atom stereocenters. The Morgan fingerprint density at radius 1 is 1.16 bits per heavy atom. The predicted octanol–water partition coefficient (Wildman–Crippen LogP) is 4.27. The van der Waals surface area contributed by atoms with E-state index in [9.17, 15) is 9.59 Å². The molecule has 4 aromatic rings. The van der Waals surface area contributed by atoms with Gasteiger partial charge in [-0.1, -0.05) is 42.0 Å². The van der Waals surface area contributed by atoms with Gasteiger partial charge in [-0.25, -0.2) is 0 Å². The highest BCUT2D eigenvalue weighted by atomic mass is 32.1. The predicted molar refractivity (Wildman–Crippen MR) is 118 cm³/mol. The van der Waals surface area contributed by atoms with Crippen LogP contribution in [-0.4, -0.2) is 23.2 Å². The van der Waals surface area contributed by atoms with Crippen LogP contribution >= 0.6 is 11.3 Å². The maximum absolute atomic E-state index is 13.6. The van der Waals surface area contributed by atoms with Crippen LogP contribution in [0.3, 0.4) is 0 Å². The second-order valence-corrected chi connectivity index (χ2v) is 8.40. The second-order valence-electron chi connectivity index (χ2n) is 7.36. The van der Waals surface area contributed by atoms with Crippen molar-refractivity contribution in [2.24, 2.45) is 0 Å². The van der Waals surface area contributed by atoms with Crippen LogP contribution in [0.25, 0.3) is 11.0 Å². The summed E-state index contributed by atoms with van der Waals surface area (Å²) in [5.41, 5.74) is 2.16. The molecule has 5 rings (SSSR count). The van der Waals surface area contributed by atoms with Crippen molar-refractivity contribution in [1.82, 2.24) is 10.2 Å². The summed E-state index contributed by atoms with van der Waals surface area (Å²) >= 11 is 1.33. The highest BCUT2D eigenvalue weighted by molar-refractivity contribution is 7.15. The summed E-state index contributed by atoms with van der Waals surface area (Å²) in [7, 11) is 1.58. The third-order valence-corrected chi connectivity index (χ3v) is 6.47. The number of carbonyl (C=O) groups excluding carboxylic acids is 1. The molecule has 0 N–H and O–H groups in total. The van der Waals surface area contributed by atoms with E-state index in [0.29, 0.717) is 33.8 Å². The molecular formula is C23H19N3O4S. The molecule has 0 radical (unpaired) electrons. The molecule has 31 heavy (non-hydrogen) atoms. The Balaban J connectivity index is 1.80. The van der Waals surface area contributed by atoms with Crippen LogP contribution in [0.2, 0.25) is 0 Å². The number of hydrogen-bond donors (Lipinski definition) is 0. The first-order chi connectivity index (χ1) is 15.0. The third kappa shape index (κ3) is 3.02. The van der Waals surface area contributed by atoms with Crippen LogP contribution in [0, 0.1) is 6.92 Å². The Hall–Kier alpha value is -3.52. The van der Waals surface area contributed by atoms with Crippen LogP contribution in [0.1, 0.15) is 45.2 Å². The van der Waals surface area contributed by atoms with E-state index in [1.807, 2.05) is 44.2 Å². The fraction of sp³-hybridized carbons (Fsp3) is 0.217. The van der Waals surface area contributed by atoms with Gasteiger partial charge in [0.1, 0.15) is 16.3 Å². The lowest BCUT2D eigenvalue weighted by atomic mass is 9.98. The second kappa shape index (κ2) is 7.31. The molecule has 1 amide bonds. The molecule has 2 aromatic carbocycles. The Kier molecular flexibility index (Phi) is 4.59. The highest BCUT2D eigenvalue weighted by Crippen LogP contribution is 2.42. The SMILES string of the molecule is CCc1nnc(N2C(=O)c3oc4ccc(C)cc4c(=O)c3[C@@H]2c2cccc(OC)c2)s1. The monoisotopic (exact) mass is 433 g/mol. The van der Waals surface area contributed by atoms with Gasteiger partial charge >= 0.3 is 0 Å². The van der Waals surface area contributed by atoms with Crippen molar-refractivity contribution in [2.45, 2.75) is 26.3 Å². The number of amides is 1. The molecule has 8 heteroatoms. The number of anilines is 1. The van der Waals surface area contributed by atoms with Crippen molar-refractivity contribution in [2.75, 3.05) is 12.0 Å². The number of carbonyl (C=O) groups is 1. The van der Waals surface area contributed by atoms with E-state index in [2.05, 4.69) is 10.2 Å². The molecule has 0 spiro atoms. The first-order valence-corrected chi connectivity index (χ1v) is 10.7. The van der Waals surface area contributed by atoms with Gasteiger partial charge in [-0.2, -0.15) is 0 Å². The molecule has 3 heterocycles. The Morgan fingerprint density at radius 2 is 2.00 bits per heavy atom. The van der Waals surface area contributed by atoms with Crippen LogP contribution in [0.4, 0.5) is 5.13 Å². The fourth-order valence-electron chi connectivity index (χ4n) is 3.90. The van der Waals surface area contributed by atoms with Crippen LogP contribution in [0.5, 0.6) is 5.75 Å². The summed E-state index contributed by atoms with van der Waals surface area (Å²) in [6, 6.07) is 12.0. The van der Waals surface area contributed by atoms with Crippen molar-refractivity contribution in [3.8, 4) is 5.75 Å². The zero-order valence-electron chi connectivity index (χ0n) is 17.2. The largest absolute Gasteiger partial charge is 0.497 e. The molecule has 7 nitrogen and oxygen atoms in total. The molecule has 1 atom stereocenters. The minimum absolute atomic E-state index is 0.0439. The average Bonchev–Trinajstić information content (AvgIpc) is 3.37. The molecule has 0 fully saturated rings. The molecule has 0 saturated carbocycles. The van der Waals surface area contributed by atoms with E-state index in [1.165, 1.54) is 16.2 Å². The van der Waals surface area contributed by atoms with E-state index in [-0.39, 0.29) is 11.2 Å². The first-order valence-electron chi connectivity index (χ1n) is 9.89. The minimum atomic E-state index is -0.684. The lowest BCUT2D eigenvalue weighted by Crippen LogP contribution is -2.29. The van der Waals surface area contributed by atoms with Gasteiger partial charge in [-0.05, 0) is 43.2 Å². The summed E-state index contributed by atoms with van der Waals surface area (Å²) in [6.45, 7) is 3.89. The summed E-state index contributed by atoms with van der Waals surface area (Å²) in [4.78, 5) is 28.6. The van der Waals surface area contributed by atoms with Crippen molar-refractivity contribution in [3.05, 3.63) is 80.1 Å². The van der Waals surface area contributed by atoms with Gasteiger partial charge in [-0.3, -0.25) is 14.5 Å². The molecule has 1 aliphatic rings. The number of nitrogens with zero attached hydrogens (tertiary/aromatic N) is 3. The zero-order valence-corrected chi connectivity index (χ0v) is 18.0. The number of ether oxygens (including phenoxy) is 1. The van der Waals surface area contributed by atoms with E-state index < -0.39 is 11.9 Å². The van der Waals surface area contributed by atoms with Gasteiger partial charge < -0.3 is 9.15 Å². The Bertz CT molecular complexity index is 1390. The maximum Gasteiger partial charge on any atom is 0.297 e. The fourth-order valence-corrected chi connectivity index (χ4v) is 4.70. The lowest BCUT2D eigenvalue weighted by molar-refractivity contribution is 0.0970. The smallest absolute Gasteiger partial charge is 0.297 e. The lowest BCUT2D eigenvalue weighted by Gasteiger charge is -2.22. The Labute approximate surface area is 181 Å². The zero-order chi connectivity index (χ0) is 21.7. The van der Waals surface area contributed by atoms with Gasteiger partial charge in [-0.15, -0.1) is 10.2 Å². The number of rotatable bonds is 4. The molecule has 0 bridgehead atoms. The van der Waals surface area contributed by atoms with E-state index in [1.54, 1.807) is 19.2 Å². The summed E-state index contributed by atoms with van der Waals surface area (Å²) in [6.07, 6.45) is 0.705. The van der Waals surface area contributed by atoms with Crippen molar-refractivity contribution in [3.63, 3.8) is 0 Å². The molecular weight excluding hydrogens is 414 g/mol. The average molecular weight is 433 g/mol. The van der Waals surface area contributed by atoms with Gasteiger partial charge in [0.25, 0.3) is 5.91 Å². The van der Waals surface area contributed by atoms with Crippen LogP contribution < -0.4 is 15.1 Å². The number of methoxy groups -OCH3 is 1. The molecule has 0 saturated heterocycles. The van der Waals surface area contributed by atoms with E-state index >= 15 is 0 Å². The number of aromatic nitrogens is 2.